The fraction of sp³-hybridized carbons (Fsp3) is 0.0556. The maximum atomic E-state index is 12.2. The van der Waals surface area contributed by atoms with E-state index in [-0.39, 0.29) is 5.78 Å². The van der Waals surface area contributed by atoms with Crippen molar-refractivity contribution in [1.82, 2.24) is 4.98 Å². The molecular weight excluding hydrogens is 296 g/mol. The number of carbonyl (C=O) groups is 1. The van der Waals surface area contributed by atoms with Gasteiger partial charge in [-0.05, 0) is 47.5 Å². The zero-order valence-electron chi connectivity index (χ0n) is 11.8. The first kappa shape index (κ1) is 14.4. The number of benzene rings is 1. The van der Waals surface area contributed by atoms with Gasteiger partial charge in [-0.1, -0.05) is 11.6 Å². The average molecular weight is 310 g/mol. The van der Waals surface area contributed by atoms with E-state index >= 15 is 0 Å². The second-order valence-electron chi connectivity index (χ2n) is 4.93. The van der Waals surface area contributed by atoms with E-state index in [1.54, 1.807) is 36.7 Å². The summed E-state index contributed by atoms with van der Waals surface area (Å²) in [5.41, 5.74) is 2.86. The van der Waals surface area contributed by atoms with Gasteiger partial charge in [-0.3, -0.25) is 9.78 Å². The molecule has 0 radical (unpaired) electrons. The number of nitrogens with zero attached hydrogens (tertiary/aromatic N) is 2. The first-order valence-corrected chi connectivity index (χ1v) is 7.28. The molecule has 0 aliphatic rings. The van der Waals surface area contributed by atoms with Crippen LogP contribution in [0.5, 0.6) is 0 Å². The Kier molecular flexibility index (Phi) is 4.26. The van der Waals surface area contributed by atoms with Gasteiger partial charge in [0.15, 0.2) is 12.4 Å². The summed E-state index contributed by atoms with van der Waals surface area (Å²) in [5.74, 6) is 0.0540. The lowest BCUT2D eigenvalue weighted by atomic mass is 10.1. The number of ketones is 1. The third-order valence-electron chi connectivity index (χ3n) is 3.40. The van der Waals surface area contributed by atoms with Crippen molar-refractivity contribution in [2.24, 2.45) is 0 Å². The van der Waals surface area contributed by atoms with Gasteiger partial charge >= 0.3 is 0 Å². The second kappa shape index (κ2) is 6.50. The van der Waals surface area contributed by atoms with Gasteiger partial charge in [0, 0.05) is 35.1 Å². The van der Waals surface area contributed by atoms with Gasteiger partial charge in [-0.2, -0.15) is 4.57 Å². The molecule has 0 N–H and O–H groups in total. The van der Waals surface area contributed by atoms with Crippen LogP contribution in [0.15, 0.2) is 73.3 Å². The van der Waals surface area contributed by atoms with Crippen LogP contribution in [0.2, 0.25) is 5.02 Å². The van der Waals surface area contributed by atoms with E-state index in [4.69, 9.17) is 11.6 Å². The van der Waals surface area contributed by atoms with E-state index in [1.807, 2.05) is 41.2 Å². The Hall–Kier alpha value is -2.52. The average Bonchev–Trinajstić information content (AvgIpc) is 2.57. The minimum atomic E-state index is 0.0540. The van der Waals surface area contributed by atoms with E-state index in [1.165, 1.54) is 0 Å². The quantitative estimate of drug-likeness (QED) is 0.545. The van der Waals surface area contributed by atoms with Crippen LogP contribution in [0.1, 0.15) is 10.4 Å². The molecule has 108 valence electrons. The highest BCUT2D eigenvalue weighted by molar-refractivity contribution is 6.30. The van der Waals surface area contributed by atoms with Crippen molar-refractivity contribution in [2.45, 2.75) is 6.54 Å². The Labute approximate surface area is 133 Å². The second-order valence-corrected chi connectivity index (χ2v) is 5.36. The van der Waals surface area contributed by atoms with Gasteiger partial charge in [-0.15, -0.1) is 0 Å². The van der Waals surface area contributed by atoms with Gasteiger partial charge in [0.25, 0.3) is 0 Å². The van der Waals surface area contributed by atoms with Crippen LogP contribution in [-0.2, 0) is 6.54 Å². The summed E-state index contributed by atoms with van der Waals surface area (Å²) in [7, 11) is 0. The van der Waals surface area contributed by atoms with Crippen LogP contribution in [0.25, 0.3) is 11.1 Å². The Morgan fingerprint density at radius 1 is 0.909 bits per heavy atom. The fourth-order valence-corrected chi connectivity index (χ4v) is 2.32. The van der Waals surface area contributed by atoms with Crippen molar-refractivity contribution < 1.29 is 9.36 Å². The number of aromatic nitrogens is 2. The van der Waals surface area contributed by atoms with Crippen LogP contribution in [0.3, 0.4) is 0 Å². The Morgan fingerprint density at radius 3 is 2.14 bits per heavy atom. The highest BCUT2D eigenvalue weighted by Gasteiger charge is 2.12. The summed E-state index contributed by atoms with van der Waals surface area (Å²) in [6.07, 6.45) is 7.34. The number of pyridine rings is 2. The van der Waals surface area contributed by atoms with Crippen molar-refractivity contribution in [3.63, 3.8) is 0 Å². The van der Waals surface area contributed by atoms with Gasteiger partial charge in [0.05, 0.1) is 0 Å². The van der Waals surface area contributed by atoms with Gasteiger partial charge in [0.2, 0.25) is 12.3 Å². The molecule has 0 aliphatic heterocycles. The molecule has 0 unspecified atom stereocenters. The smallest absolute Gasteiger partial charge is 0.227 e. The largest absolute Gasteiger partial charge is 0.287 e. The van der Waals surface area contributed by atoms with Crippen molar-refractivity contribution in [2.75, 3.05) is 0 Å². The minimum absolute atomic E-state index is 0.0540. The number of halogens is 1. The molecule has 0 bridgehead atoms. The van der Waals surface area contributed by atoms with Crippen LogP contribution in [0, 0.1) is 0 Å². The summed E-state index contributed by atoms with van der Waals surface area (Å²) in [5, 5.41) is 0.630. The fourth-order valence-electron chi connectivity index (χ4n) is 2.19. The minimum Gasteiger partial charge on any atom is -0.287 e. The Bertz CT molecular complexity index is 768. The molecule has 1 aromatic carbocycles. The molecule has 0 spiro atoms. The molecule has 2 heterocycles. The number of hydrogen-bond acceptors (Lipinski definition) is 2. The standard InChI is InChI=1S/C18H14ClN2O/c19-17-3-1-16(2-4-17)18(22)13-21-11-7-15(8-12-21)14-5-9-20-10-6-14/h1-12H,13H2/q+1. The first-order valence-electron chi connectivity index (χ1n) is 6.91. The third-order valence-corrected chi connectivity index (χ3v) is 3.65. The maximum absolute atomic E-state index is 12.2. The zero-order chi connectivity index (χ0) is 15.4. The van der Waals surface area contributed by atoms with Crippen molar-refractivity contribution in [3.8, 4) is 11.1 Å². The zero-order valence-corrected chi connectivity index (χ0v) is 12.6. The van der Waals surface area contributed by atoms with E-state index in [0.717, 1.165) is 11.1 Å². The normalized spacial score (nSPS) is 10.4. The number of carbonyl (C=O) groups excluding carboxylic acids is 1. The van der Waals surface area contributed by atoms with Crippen molar-refractivity contribution in [1.29, 1.82) is 0 Å². The molecular formula is C18H14ClN2O+. The summed E-state index contributed by atoms with van der Waals surface area (Å²) in [4.78, 5) is 16.2. The van der Waals surface area contributed by atoms with E-state index in [2.05, 4.69) is 4.98 Å². The van der Waals surface area contributed by atoms with Crippen molar-refractivity contribution >= 4 is 17.4 Å². The predicted octanol–water partition coefficient (Wildman–Crippen LogP) is 3.57. The van der Waals surface area contributed by atoms with Gasteiger partial charge < -0.3 is 0 Å². The predicted molar refractivity (Wildman–Crippen MR) is 85.7 cm³/mol. The summed E-state index contributed by atoms with van der Waals surface area (Å²) >= 11 is 5.83. The van der Waals surface area contributed by atoms with E-state index in [0.29, 0.717) is 17.1 Å². The highest BCUT2D eigenvalue weighted by Crippen LogP contribution is 2.16. The highest BCUT2D eigenvalue weighted by atomic mass is 35.5. The van der Waals surface area contributed by atoms with Gasteiger partial charge in [0.1, 0.15) is 0 Å². The first-order chi connectivity index (χ1) is 10.7. The Balaban J connectivity index is 1.73. The molecule has 2 aromatic heterocycles. The molecule has 3 rings (SSSR count). The van der Waals surface area contributed by atoms with Gasteiger partial charge in [-0.25, -0.2) is 0 Å². The molecule has 0 amide bonds. The van der Waals surface area contributed by atoms with Crippen LogP contribution < -0.4 is 4.57 Å². The van der Waals surface area contributed by atoms with Crippen LogP contribution in [0.4, 0.5) is 0 Å². The summed E-state index contributed by atoms with van der Waals surface area (Å²) < 4.78 is 1.86. The monoisotopic (exact) mass is 309 g/mol. The topological polar surface area (TPSA) is 33.8 Å². The number of Topliss-reactive ketones (excluding diaryl/α,β-unsaturated/α-hetero) is 1. The molecule has 22 heavy (non-hydrogen) atoms. The lowest BCUT2D eigenvalue weighted by Gasteiger charge is -2.01. The van der Waals surface area contributed by atoms with Crippen molar-refractivity contribution in [3.05, 3.63) is 83.9 Å². The SMILES string of the molecule is O=C(C[n+]1ccc(-c2ccncc2)cc1)c1ccc(Cl)cc1. The molecule has 0 aliphatic carbocycles. The summed E-state index contributed by atoms with van der Waals surface area (Å²) in [6.45, 7) is 0.304. The Morgan fingerprint density at radius 2 is 1.50 bits per heavy atom. The number of hydrogen-bond donors (Lipinski definition) is 0. The molecule has 4 heteroatoms. The lowest BCUT2D eigenvalue weighted by molar-refractivity contribution is -0.683. The van der Waals surface area contributed by atoms with Crippen LogP contribution in [-0.4, -0.2) is 10.8 Å². The molecule has 0 atom stereocenters. The third kappa shape index (κ3) is 3.38. The van der Waals surface area contributed by atoms with Crippen LogP contribution >= 0.6 is 11.6 Å². The molecule has 3 aromatic rings. The molecule has 0 saturated heterocycles. The molecule has 0 fully saturated rings. The number of rotatable bonds is 4. The molecule has 0 saturated carbocycles. The maximum Gasteiger partial charge on any atom is 0.227 e. The summed E-state index contributed by atoms with van der Waals surface area (Å²) in [6, 6.07) is 14.8. The van der Waals surface area contributed by atoms with E-state index in [9.17, 15) is 4.79 Å². The molecule has 3 nitrogen and oxygen atoms in total. The lowest BCUT2D eigenvalue weighted by Crippen LogP contribution is -2.37. The van der Waals surface area contributed by atoms with E-state index < -0.39 is 0 Å².